The molecular weight excluding hydrogens is 376 g/mol. The summed E-state index contributed by atoms with van der Waals surface area (Å²) in [4.78, 5) is 21.4. The third kappa shape index (κ3) is 4.98. The number of carbonyl (C=O) groups is 1. The first-order valence-electron chi connectivity index (χ1n) is 8.93. The maximum absolute atomic E-state index is 12.7. The van der Waals surface area contributed by atoms with Gasteiger partial charge >= 0.3 is 0 Å². The van der Waals surface area contributed by atoms with Crippen LogP contribution < -0.4 is 15.4 Å². The second-order valence-corrected chi connectivity index (χ2v) is 6.45. The van der Waals surface area contributed by atoms with Crippen molar-refractivity contribution >= 4 is 29.1 Å². The van der Waals surface area contributed by atoms with Gasteiger partial charge in [-0.2, -0.15) is 0 Å². The number of ether oxygens (including phenoxy) is 1. The molecule has 1 aromatic heterocycles. The summed E-state index contributed by atoms with van der Waals surface area (Å²) >= 11 is 6.18. The molecule has 28 heavy (non-hydrogen) atoms. The van der Waals surface area contributed by atoms with Gasteiger partial charge in [-0.05, 0) is 43.7 Å². The van der Waals surface area contributed by atoms with Crippen molar-refractivity contribution in [1.29, 1.82) is 0 Å². The van der Waals surface area contributed by atoms with E-state index in [-0.39, 0.29) is 11.6 Å². The Kier molecular flexibility index (Phi) is 6.45. The lowest BCUT2D eigenvalue weighted by molar-refractivity contribution is 0.102. The average molecular weight is 397 g/mol. The maximum atomic E-state index is 12.7. The second kappa shape index (κ2) is 9.19. The van der Waals surface area contributed by atoms with Crippen molar-refractivity contribution in [3.63, 3.8) is 0 Å². The standard InChI is InChI=1S/C21H21ClN4O2/c1-3-28-19-11-7-6-10-17(19)25-20(27)18-12-14(2)24-21(26-18)23-13-15-8-4-5-9-16(15)22/h4-12H,3,13H2,1-2H3,(H,25,27)(H,23,24,26). The van der Waals surface area contributed by atoms with Gasteiger partial charge in [0, 0.05) is 17.3 Å². The Bertz CT molecular complexity index is 978. The molecule has 0 radical (unpaired) electrons. The number of hydrogen-bond donors (Lipinski definition) is 2. The summed E-state index contributed by atoms with van der Waals surface area (Å²) in [5.41, 5.74) is 2.46. The summed E-state index contributed by atoms with van der Waals surface area (Å²) in [6.07, 6.45) is 0. The average Bonchev–Trinajstić information content (AvgIpc) is 2.68. The van der Waals surface area contributed by atoms with Crippen molar-refractivity contribution in [3.05, 3.63) is 76.6 Å². The number of nitrogens with zero attached hydrogens (tertiary/aromatic N) is 2. The van der Waals surface area contributed by atoms with Crippen molar-refractivity contribution in [2.24, 2.45) is 0 Å². The molecule has 1 amide bonds. The first kappa shape index (κ1) is 19.6. The molecule has 144 valence electrons. The molecule has 0 saturated heterocycles. The molecule has 2 N–H and O–H groups in total. The molecule has 6 nitrogen and oxygen atoms in total. The second-order valence-electron chi connectivity index (χ2n) is 6.05. The number of rotatable bonds is 7. The number of nitrogens with one attached hydrogen (secondary N) is 2. The van der Waals surface area contributed by atoms with E-state index in [0.29, 0.717) is 41.3 Å². The quantitative estimate of drug-likeness (QED) is 0.605. The summed E-state index contributed by atoms with van der Waals surface area (Å²) in [5.74, 6) is 0.641. The molecule has 1 heterocycles. The fraction of sp³-hybridized carbons (Fsp3) is 0.190. The first-order chi connectivity index (χ1) is 13.6. The number of amides is 1. The van der Waals surface area contributed by atoms with Crippen LogP contribution >= 0.6 is 11.6 Å². The third-order valence-electron chi connectivity index (χ3n) is 3.92. The van der Waals surface area contributed by atoms with Gasteiger partial charge in [-0.15, -0.1) is 0 Å². The molecule has 0 spiro atoms. The van der Waals surface area contributed by atoms with E-state index >= 15 is 0 Å². The minimum Gasteiger partial charge on any atom is -0.492 e. The summed E-state index contributed by atoms with van der Waals surface area (Å²) in [6, 6.07) is 16.4. The van der Waals surface area contributed by atoms with Crippen LogP contribution in [0.25, 0.3) is 0 Å². The zero-order valence-electron chi connectivity index (χ0n) is 15.7. The highest BCUT2D eigenvalue weighted by Gasteiger charge is 2.13. The van der Waals surface area contributed by atoms with E-state index < -0.39 is 0 Å². The van der Waals surface area contributed by atoms with Gasteiger partial charge in [-0.3, -0.25) is 4.79 Å². The van der Waals surface area contributed by atoms with Crippen LogP contribution in [0.3, 0.4) is 0 Å². The van der Waals surface area contributed by atoms with Crippen LogP contribution in [0, 0.1) is 6.92 Å². The van der Waals surface area contributed by atoms with Gasteiger partial charge < -0.3 is 15.4 Å². The van der Waals surface area contributed by atoms with E-state index in [1.807, 2.05) is 50.2 Å². The fourth-order valence-corrected chi connectivity index (χ4v) is 2.82. The molecule has 3 rings (SSSR count). The Morgan fingerprint density at radius 3 is 2.64 bits per heavy atom. The van der Waals surface area contributed by atoms with E-state index in [4.69, 9.17) is 16.3 Å². The zero-order valence-corrected chi connectivity index (χ0v) is 16.5. The monoisotopic (exact) mass is 396 g/mol. The minimum absolute atomic E-state index is 0.264. The predicted octanol–water partition coefficient (Wildman–Crippen LogP) is 4.70. The van der Waals surface area contributed by atoms with Gasteiger partial charge in [0.25, 0.3) is 5.91 Å². The van der Waals surface area contributed by atoms with Gasteiger partial charge in [0.2, 0.25) is 5.95 Å². The maximum Gasteiger partial charge on any atom is 0.274 e. The van der Waals surface area contributed by atoms with Crippen LogP contribution in [0.4, 0.5) is 11.6 Å². The van der Waals surface area contributed by atoms with E-state index in [1.54, 1.807) is 18.2 Å². The number of aryl methyl sites for hydroxylation is 1. The molecule has 0 fully saturated rings. The van der Waals surface area contributed by atoms with Crippen LogP contribution in [0.15, 0.2) is 54.6 Å². The van der Waals surface area contributed by atoms with Crippen LogP contribution in [0.1, 0.15) is 28.7 Å². The number of para-hydroxylation sites is 2. The number of hydrogen-bond acceptors (Lipinski definition) is 5. The Labute approximate surface area is 168 Å². The number of carbonyl (C=O) groups excluding carboxylic acids is 1. The van der Waals surface area contributed by atoms with Gasteiger partial charge in [-0.1, -0.05) is 41.9 Å². The molecule has 0 bridgehead atoms. The van der Waals surface area contributed by atoms with E-state index in [0.717, 1.165) is 5.56 Å². The molecule has 7 heteroatoms. The van der Waals surface area contributed by atoms with Crippen molar-refractivity contribution in [2.75, 3.05) is 17.2 Å². The number of aromatic nitrogens is 2. The molecule has 0 aliphatic carbocycles. The third-order valence-corrected chi connectivity index (χ3v) is 4.29. The smallest absolute Gasteiger partial charge is 0.274 e. The molecule has 3 aromatic rings. The lowest BCUT2D eigenvalue weighted by Gasteiger charge is -2.12. The van der Waals surface area contributed by atoms with Crippen molar-refractivity contribution in [3.8, 4) is 5.75 Å². The summed E-state index contributed by atoms with van der Waals surface area (Å²) in [7, 11) is 0. The zero-order chi connectivity index (χ0) is 19.9. The van der Waals surface area contributed by atoms with Gasteiger partial charge in [-0.25, -0.2) is 9.97 Å². The van der Waals surface area contributed by atoms with Crippen molar-refractivity contribution < 1.29 is 9.53 Å². The normalized spacial score (nSPS) is 10.4. The number of benzene rings is 2. The van der Waals surface area contributed by atoms with Gasteiger partial charge in [0.1, 0.15) is 11.4 Å². The summed E-state index contributed by atoms with van der Waals surface area (Å²) < 4.78 is 5.55. The lowest BCUT2D eigenvalue weighted by atomic mass is 10.2. The van der Waals surface area contributed by atoms with Crippen LogP contribution in [0.2, 0.25) is 5.02 Å². The van der Waals surface area contributed by atoms with Crippen molar-refractivity contribution in [2.45, 2.75) is 20.4 Å². The highest BCUT2D eigenvalue weighted by atomic mass is 35.5. The molecule has 0 unspecified atom stereocenters. The van der Waals surface area contributed by atoms with Crippen molar-refractivity contribution in [1.82, 2.24) is 9.97 Å². The topological polar surface area (TPSA) is 76.1 Å². The number of anilines is 2. The van der Waals surface area contributed by atoms with Gasteiger partial charge in [0.05, 0.1) is 12.3 Å². The molecule has 0 saturated carbocycles. The molecular formula is C21H21ClN4O2. The highest BCUT2D eigenvalue weighted by Crippen LogP contribution is 2.24. The van der Waals surface area contributed by atoms with E-state index in [1.165, 1.54) is 0 Å². The molecule has 2 aromatic carbocycles. The fourth-order valence-electron chi connectivity index (χ4n) is 2.62. The van der Waals surface area contributed by atoms with E-state index in [9.17, 15) is 4.79 Å². The molecule has 0 atom stereocenters. The Balaban J connectivity index is 1.75. The predicted molar refractivity (Wildman–Crippen MR) is 111 cm³/mol. The minimum atomic E-state index is -0.335. The van der Waals surface area contributed by atoms with Crippen LogP contribution in [-0.2, 0) is 6.54 Å². The first-order valence-corrected chi connectivity index (χ1v) is 9.30. The van der Waals surface area contributed by atoms with Crippen LogP contribution in [0.5, 0.6) is 5.75 Å². The highest BCUT2D eigenvalue weighted by molar-refractivity contribution is 6.31. The summed E-state index contributed by atoms with van der Waals surface area (Å²) in [6.45, 7) is 4.67. The molecule has 0 aliphatic heterocycles. The SMILES string of the molecule is CCOc1ccccc1NC(=O)c1cc(C)nc(NCc2ccccc2Cl)n1. The molecule has 0 aliphatic rings. The Morgan fingerprint density at radius 1 is 1.11 bits per heavy atom. The number of halogens is 1. The lowest BCUT2D eigenvalue weighted by Crippen LogP contribution is -2.16. The summed E-state index contributed by atoms with van der Waals surface area (Å²) in [5, 5.41) is 6.63. The Hall–Kier alpha value is -3.12. The van der Waals surface area contributed by atoms with E-state index in [2.05, 4.69) is 20.6 Å². The Morgan fingerprint density at radius 2 is 1.86 bits per heavy atom. The van der Waals surface area contributed by atoms with Gasteiger partial charge in [0.15, 0.2) is 0 Å². The largest absolute Gasteiger partial charge is 0.492 e. The van der Waals surface area contributed by atoms with Crippen LogP contribution in [-0.4, -0.2) is 22.5 Å².